The number of aryl methyl sites for hydroxylation is 1. The van der Waals surface area contributed by atoms with Crippen molar-refractivity contribution >= 4 is 28.9 Å². The molecule has 3 rings (SSSR count). The normalized spacial score (nSPS) is 10.3. The van der Waals surface area contributed by atoms with Gasteiger partial charge in [0.25, 0.3) is 5.91 Å². The molecule has 0 radical (unpaired) electrons. The van der Waals surface area contributed by atoms with Gasteiger partial charge in [0, 0.05) is 5.69 Å². The molecule has 0 bridgehead atoms. The zero-order valence-electron chi connectivity index (χ0n) is 14.9. The van der Waals surface area contributed by atoms with Crippen LogP contribution >= 0.6 is 11.3 Å². The van der Waals surface area contributed by atoms with E-state index in [1.54, 1.807) is 31.2 Å². The summed E-state index contributed by atoms with van der Waals surface area (Å²) in [6.45, 7) is 2.07. The highest BCUT2D eigenvalue weighted by molar-refractivity contribution is 7.13. The van der Waals surface area contributed by atoms with Crippen molar-refractivity contribution in [3.8, 4) is 5.75 Å². The molecule has 0 saturated heterocycles. The van der Waals surface area contributed by atoms with E-state index >= 15 is 0 Å². The fourth-order valence-electron chi connectivity index (χ4n) is 2.42. The summed E-state index contributed by atoms with van der Waals surface area (Å²) in [6.07, 6.45) is 0. The number of rotatable bonds is 6. The molecule has 1 amide bonds. The molecule has 1 N–H and O–H groups in total. The van der Waals surface area contributed by atoms with E-state index in [9.17, 15) is 9.59 Å². The van der Waals surface area contributed by atoms with Gasteiger partial charge in [-0.05, 0) is 37.3 Å². The minimum atomic E-state index is -0.458. The number of thiazole rings is 1. The number of nitrogens with zero attached hydrogens (tertiary/aromatic N) is 1. The first kappa shape index (κ1) is 18.6. The van der Waals surface area contributed by atoms with E-state index in [1.165, 1.54) is 18.4 Å². The zero-order chi connectivity index (χ0) is 19.2. The lowest BCUT2D eigenvalue weighted by molar-refractivity contribution is 0.0600. The maximum absolute atomic E-state index is 12.6. The number of carbonyl (C=O) groups is 2. The van der Waals surface area contributed by atoms with Crippen molar-refractivity contribution in [2.75, 3.05) is 12.4 Å². The number of hydrogen-bond donors (Lipinski definition) is 1. The molecule has 1 aromatic heterocycles. The minimum absolute atomic E-state index is 0.280. The average molecular weight is 382 g/mol. The Morgan fingerprint density at radius 2 is 1.89 bits per heavy atom. The Morgan fingerprint density at radius 3 is 2.63 bits per heavy atom. The molecule has 0 aliphatic rings. The number of methoxy groups -OCH3 is 1. The van der Waals surface area contributed by atoms with Crippen LogP contribution < -0.4 is 10.1 Å². The largest absolute Gasteiger partial charge is 0.486 e. The first-order valence-corrected chi connectivity index (χ1v) is 9.02. The third-order valence-corrected chi connectivity index (χ3v) is 4.82. The van der Waals surface area contributed by atoms with Crippen molar-refractivity contribution in [3.63, 3.8) is 0 Å². The monoisotopic (exact) mass is 382 g/mol. The number of benzene rings is 2. The minimum Gasteiger partial charge on any atom is -0.486 e. The van der Waals surface area contributed by atoms with E-state index in [-0.39, 0.29) is 5.91 Å². The van der Waals surface area contributed by atoms with Gasteiger partial charge in [0.05, 0.1) is 18.4 Å². The lowest BCUT2D eigenvalue weighted by Gasteiger charge is -2.06. The molecule has 0 fully saturated rings. The molecule has 2 aromatic carbocycles. The van der Waals surface area contributed by atoms with Gasteiger partial charge in [-0.15, -0.1) is 11.3 Å². The molecule has 27 heavy (non-hydrogen) atoms. The molecule has 6 nitrogen and oxygen atoms in total. The maximum Gasteiger partial charge on any atom is 0.337 e. The number of carbonyl (C=O) groups excluding carboxylic acids is 2. The van der Waals surface area contributed by atoms with Crippen LogP contribution in [-0.2, 0) is 11.3 Å². The van der Waals surface area contributed by atoms with E-state index in [2.05, 4.69) is 10.3 Å². The van der Waals surface area contributed by atoms with E-state index in [0.29, 0.717) is 33.4 Å². The summed E-state index contributed by atoms with van der Waals surface area (Å²) in [5, 5.41) is 3.50. The number of amides is 1. The molecule has 0 atom stereocenters. The van der Waals surface area contributed by atoms with Crippen LogP contribution in [0.2, 0.25) is 0 Å². The van der Waals surface area contributed by atoms with Crippen LogP contribution in [0.25, 0.3) is 0 Å². The molecule has 0 saturated carbocycles. The Hall–Kier alpha value is -3.19. The molecule has 0 spiro atoms. The molecule has 0 aliphatic heterocycles. The van der Waals surface area contributed by atoms with Crippen molar-refractivity contribution in [3.05, 3.63) is 75.7 Å². The summed E-state index contributed by atoms with van der Waals surface area (Å²) in [5.74, 6) is 0.00868. The predicted octanol–water partition coefficient (Wildman–Crippen LogP) is 4.07. The summed E-state index contributed by atoms with van der Waals surface area (Å²) in [4.78, 5) is 29.1. The molecule has 138 valence electrons. The summed E-state index contributed by atoms with van der Waals surface area (Å²) in [5.41, 5.74) is 1.51. The van der Waals surface area contributed by atoms with Crippen molar-refractivity contribution in [1.29, 1.82) is 0 Å². The van der Waals surface area contributed by atoms with Crippen LogP contribution in [0, 0.1) is 6.92 Å². The lowest BCUT2D eigenvalue weighted by Crippen LogP contribution is -2.12. The van der Waals surface area contributed by atoms with Gasteiger partial charge in [0.15, 0.2) is 0 Å². The van der Waals surface area contributed by atoms with Crippen LogP contribution in [0.4, 0.5) is 5.69 Å². The topological polar surface area (TPSA) is 77.5 Å². The SMILES string of the molecule is COC(=O)c1cccc(NC(=O)c2sc(COc3ccccc3)nc2C)c1. The van der Waals surface area contributed by atoms with E-state index in [1.807, 2.05) is 30.3 Å². The summed E-state index contributed by atoms with van der Waals surface area (Å²) in [6, 6.07) is 16.0. The van der Waals surface area contributed by atoms with Gasteiger partial charge >= 0.3 is 5.97 Å². The van der Waals surface area contributed by atoms with Gasteiger partial charge in [-0.3, -0.25) is 4.79 Å². The van der Waals surface area contributed by atoms with Crippen molar-refractivity contribution < 1.29 is 19.1 Å². The number of ether oxygens (including phenoxy) is 2. The fourth-order valence-corrected chi connectivity index (χ4v) is 3.29. The number of hydrogen-bond acceptors (Lipinski definition) is 6. The van der Waals surface area contributed by atoms with Crippen molar-refractivity contribution in [2.45, 2.75) is 13.5 Å². The Kier molecular flexibility index (Phi) is 5.83. The highest BCUT2D eigenvalue weighted by atomic mass is 32.1. The quantitative estimate of drug-likeness (QED) is 0.650. The Morgan fingerprint density at radius 1 is 1.11 bits per heavy atom. The number of para-hydroxylation sites is 1. The number of esters is 1. The summed E-state index contributed by atoms with van der Waals surface area (Å²) < 4.78 is 10.4. The van der Waals surface area contributed by atoms with E-state index in [4.69, 9.17) is 9.47 Å². The van der Waals surface area contributed by atoms with Gasteiger partial charge in [0.1, 0.15) is 22.2 Å². The van der Waals surface area contributed by atoms with Crippen LogP contribution in [0.5, 0.6) is 5.75 Å². The van der Waals surface area contributed by atoms with Crippen LogP contribution in [0.15, 0.2) is 54.6 Å². The molecule has 1 heterocycles. The number of aromatic nitrogens is 1. The molecule has 0 unspecified atom stereocenters. The number of nitrogens with one attached hydrogen (secondary N) is 1. The molecular weight excluding hydrogens is 364 g/mol. The predicted molar refractivity (Wildman–Crippen MR) is 103 cm³/mol. The van der Waals surface area contributed by atoms with Gasteiger partial charge in [-0.2, -0.15) is 0 Å². The fraction of sp³-hybridized carbons (Fsp3) is 0.150. The summed E-state index contributed by atoms with van der Waals surface area (Å²) in [7, 11) is 1.31. The van der Waals surface area contributed by atoms with Gasteiger partial charge in [0.2, 0.25) is 0 Å². The highest BCUT2D eigenvalue weighted by Gasteiger charge is 2.16. The third kappa shape index (κ3) is 4.71. The molecular formula is C20H18N2O4S. The molecule has 7 heteroatoms. The van der Waals surface area contributed by atoms with Crippen LogP contribution in [0.1, 0.15) is 30.7 Å². The van der Waals surface area contributed by atoms with Gasteiger partial charge in [-0.25, -0.2) is 9.78 Å². The van der Waals surface area contributed by atoms with Crippen molar-refractivity contribution in [2.24, 2.45) is 0 Å². The lowest BCUT2D eigenvalue weighted by atomic mass is 10.2. The Balaban J connectivity index is 1.68. The second kappa shape index (κ2) is 8.46. The molecule has 0 aliphatic carbocycles. The van der Waals surface area contributed by atoms with E-state index < -0.39 is 5.97 Å². The molecule has 3 aromatic rings. The average Bonchev–Trinajstić information content (AvgIpc) is 3.07. The maximum atomic E-state index is 12.6. The zero-order valence-corrected chi connectivity index (χ0v) is 15.7. The smallest absolute Gasteiger partial charge is 0.337 e. The second-order valence-corrected chi connectivity index (χ2v) is 6.73. The second-order valence-electron chi connectivity index (χ2n) is 5.65. The van der Waals surface area contributed by atoms with E-state index in [0.717, 1.165) is 5.75 Å². The van der Waals surface area contributed by atoms with Gasteiger partial charge in [-0.1, -0.05) is 24.3 Å². The van der Waals surface area contributed by atoms with Crippen LogP contribution in [0.3, 0.4) is 0 Å². The summed E-state index contributed by atoms with van der Waals surface area (Å²) >= 11 is 1.28. The standard InChI is InChI=1S/C20H18N2O4S/c1-13-18(27-17(21-13)12-26-16-9-4-3-5-10-16)19(23)22-15-8-6-7-14(11-15)20(24)25-2/h3-11H,12H2,1-2H3,(H,22,23). The highest BCUT2D eigenvalue weighted by Crippen LogP contribution is 2.22. The first-order valence-electron chi connectivity index (χ1n) is 8.20. The Labute approximate surface area is 160 Å². The Bertz CT molecular complexity index is 954. The van der Waals surface area contributed by atoms with Crippen molar-refractivity contribution in [1.82, 2.24) is 4.98 Å². The number of anilines is 1. The first-order chi connectivity index (χ1) is 13.1. The third-order valence-electron chi connectivity index (χ3n) is 3.69. The van der Waals surface area contributed by atoms with Gasteiger partial charge < -0.3 is 14.8 Å². The van der Waals surface area contributed by atoms with Crippen LogP contribution in [-0.4, -0.2) is 24.0 Å².